The van der Waals surface area contributed by atoms with Crippen molar-refractivity contribution in [3.8, 4) is 11.5 Å². The zero-order valence-electron chi connectivity index (χ0n) is 25.2. The van der Waals surface area contributed by atoms with E-state index in [9.17, 15) is 9.59 Å². The molecule has 3 rings (SSSR count). The largest absolute Gasteiger partial charge is 0.491 e. The van der Waals surface area contributed by atoms with Crippen molar-refractivity contribution in [3.63, 3.8) is 0 Å². The number of nitrogens with zero attached hydrogens (tertiary/aromatic N) is 1. The number of hydrogen-bond donors (Lipinski definition) is 2. The van der Waals surface area contributed by atoms with Crippen molar-refractivity contribution in [1.82, 2.24) is 15.3 Å². The SMILES string of the molecule is COCCOCCOCCOCCOCCOCCOc1cccc2c(OCC(=O)N[C@H](C=O)Cc3cnc[nH]3)cccc12. The molecule has 0 saturated carbocycles. The number of aromatic amines is 1. The zero-order chi connectivity index (χ0) is 31.1. The van der Waals surface area contributed by atoms with E-state index in [-0.39, 0.29) is 6.61 Å². The van der Waals surface area contributed by atoms with Crippen molar-refractivity contribution in [2.45, 2.75) is 12.5 Å². The fourth-order valence-corrected chi connectivity index (χ4v) is 4.00. The molecule has 0 aliphatic heterocycles. The molecule has 0 saturated heterocycles. The molecule has 1 heterocycles. The third-order valence-corrected chi connectivity index (χ3v) is 6.11. The van der Waals surface area contributed by atoms with E-state index >= 15 is 0 Å². The van der Waals surface area contributed by atoms with Gasteiger partial charge in [0.05, 0.1) is 85.0 Å². The van der Waals surface area contributed by atoms with Gasteiger partial charge >= 0.3 is 0 Å². The molecule has 1 aromatic heterocycles. The summed E-state index contributed by atoms with van der Waals surface area (Å²) in [5, 5.41) is 4.32. The molecular formula is C31H43N3O10. The van der Waals surface area contributed by atoms with E-state index in [2.05, 4.69) is 15.3 Å². The van der Waals surface area contributed by atoms with Crippen molar-refractivity contribution in [1.29, 1.82) is 0 Å². The number of rotatable bonds is 26. The van der Waals surface area contributed by atoms with Crippen LogP contribution >= 0.6 is 0 Å². The van der Waals surface area contributed by atoms with Crippen molar-refractivity contribution in [2.75, 3.05) is 93.0 Å². The third kappa shape index (κ3) is 13.8. The molecule has 0 aliphatic rings. The molecule has 13 nitrogen and oxygen atoms in total. The second kappa shape index (κ2) is 22.0. The molecule has 0 aliphatic carbocycles. The Morgan fingerprint density at radius 2 is 1.30 bits per heavy atom. The van der Waals surface area contributed by atoms with E-state index in [1.54, 1.807) is 19.4 Å². The molecule has 242 valence electrons. The molecule has 3 aromatic rings. The Labute approximate surface area is 257 Å². The second-order valence-electron chi connectivity index (χ2n) is 9.39. The number of fused-ring (bicyclic) bond motifs is 1. The number of H-pyrrole nitrogens is 1. The van der Waals surface area contributed by atoms with Crippen molar-refractivity contribution < 1.29 is 47.5 Å². The van der Waals surface area contributed by atoms with Crippen molar-refractivity contribution >= 4 is 23.0 Å². The van der Waals surface area contributed by atoms with Crippen LogP contribution in [0.25, 0.3) is 10.8 Å². The summed E-state index contributed by atoms with van der Waals surface area (Å²) in [6.45, 7) is 5.61. The first-order valence-electron chi connectivity index (χ1n) is 14.6. The highest BCUT2D eigenvalue weighted by Crippen LogP contribution is 2.32. The quantitative estimate of drug-likeness (QED) is 0.101. The minimum Gasteiger partial charge on any atom is -0.491 e. The average Bonchev–Trinajstić information content (AvgIpc) is 3.56. The Morgan fingerprint density at radius 3 is 1.80 bits per heavy atom. The fourth-order valence-electron chi connectivity index (χ4n) is 4.00. The minimum absolute atomic E-state index is 0.236. The molecule has 0 spiro atoms. The predicted octanol–water partition coefficient (Wildman–Crippen LogP) is 1.98. The van der Waals surface area contributed by atoms with Crippen LogP contribution in [-0.4, -0.2) is 121 Å². The monoisotopic (exact) mass is 617 g/mol. The number of carbonyl (C=O) groups excluding carboxylic acids is 2. The Morgan fingerprint density at radius 1 is 0.773 bits per heavy atom. The smallest absolute Gasteiger partial charge is 0.258 e. The number of nitrogens with one attached hydrogen (secondary N) is 2. The number of aromatic nitrogens is 2. The van der Waals surface area contributed by atoms with Crippen LogP contribution in [0, 0.1) is 0 Å². The number of ether oxygens (including phenoxy) is 8. The number of imidazole rings is 1. The molecule has 0 bridgehead atoms. The summed E-state index contributed by atoms with van der Waals surface area (Å²) in [6, 6.07) is 10.5. The van der Waals surface area contributed by atoms with Crippen LogP contribution in [-0.2, 0) is 44.4 Å². The van der Waals surface area contributed by atoms with Crippen molar-refractivity contribution in [3.05, 3.63) is 54.6 Å². The standard InChI is InChI=1S/C31H43N3O10/c1-37-8-9-38-10-11-39-12-13-40-14-15-41-16-17-42-18-19-43-29-6-2-5-28-27(29)4-3-7-30(28)44-23-31(36)34-26(22-35)20-25-21-32-24-33-25/h2-7,21-22,24,26H,8-20,23H2,1H3,(H,32,33)(H,34,36)/t26-/m0/s1. The molecule has 13 heteroatoms. The molecule has 0 unspecified atom stereocenters. The van der Waals surface area contributed by atoms with Gasteiger partial charge in [-0.3, -0.25) is 4.79 Å². The van der Waals surface area contributed by atoms with E-state index in [0.717, 1.165) is 16.5 Å². The van der Waals surface area contributed by atoms with Gasteiger partial charge in [0.25, 0.3) is 5.91 Å². The first kappa shape index (κ1) is 34.9. The summed E-state index contributed by atoms with van der Waals surface area (Å²) in [5.41, 5.74) is 0.749. The van der Waals surface area contributed by atoms with E-state index in [1.165, 1.54) is 6.33 Å². The van der Waals surface area contributed by atoms with Crippen LogP contribution in [0.3, 0.4) is 0 Å². The first-order chi connectivity index (χ1) is 21.7. The highest BCUT2D eigenvalue weighted by atomic mass is 16.6. The third-order valence-electron chi connectivity index (χ3n) is 6.11. The highest BCUT2D eigenvalue weighted by Gasteiger charge is 2.14. The molecular weight excluding hydrogens is 574 g/mol. The summed E-state index contributed by atoms with van der Waals surface area (Å²) < 4.78 is 43.9. The lowest BCUT2D eigenvalue weighted by Gasteiger charge is -2.14. The summed E-state index contributed by atoms with van der Waals surface area (Å²) in [5.74, 6) is 0.811. The van der Waals surface area contributed by atoms with Gasteiger partial charge in [0.15, 0.2) is 6.61 Å². The summed E-state index contributed by atoms with van der Waals surface area (Å²) in [6.07, 6.45) is 4.14. The van der Waals surface area contributed by atoms with E-state index in [4.69, 9.17) is 37.9 Å². The first-order valence-corrected chi connectivity index (χ1v) is 14.6. The van der Waals surface area contributed by atoms with Crippen LogP contribution in [0.4, 0.5) is 0 Å². The van der Waals surface area contributed by atoms with Gasteiger partial charge in [-0.2, -0.15) is 0 Å². The number of hydrogen-bond acceptors (Lipinski definition) is 11. The Hall–Kier alpha value is -3.59. The highest BCUT2D eigenvalue weighted by molar-refractivity contribution is 5.93. The van der Waals surface area contributed by atoms with E-state index < -0.39 is 11.9 Å². The number of carbonyl (C=O) groups is 2. The summed E-state index contributed by atoms with van der Waals surface area (Å²) in [4.78, 5) is 30.6. The lowest BCUT2D eigenvalue weighted by molar-refractivity contribution is -0.125. The second-order valence-corrected chi connectivity index (χ2v) is 9.39. The summed E-state index contributed by atoms with van der Waals surface area (Å²) >= 11 is 0. The molecule has 44 heavy (non-hydrogen) atoms. The van der Waals surface area contributed by atoms with E-state index in [0.29, 0.717) is 103 Å². The minimum atomic E-state index is -0.680. The zero-order valence-corrected chi connectivity index (χ0v) is 25.2. The lowest BCUT2D eigenvalue weighted by atomic mass is 10.1. The molecule has 2 N–H and O–H groups in total. The van der Waals surface area contributed by atoms with Crippen LogP contribution in [0.2, 0.25) is 0 Å². The Balaban J connectivity index is 1.25. The normalized spacial score (nSPS) is 11.8. The van der Waals surface area contributed by atoms with Crippen LogP contribution in [0.1, 0.15) is 5.69 Å². The Bertz CT molecular complexity index is 1190. The molecule has 1 amide bonds. The molecule has 2 aromatic carbocycles. The maximum atomic E-state index is 12.4. The van der Waals surface area contributed by atoms with Crippen LogP contribution in [0.5, 0.6) is 11.5 Å². The van der Waals surface area contributed by atoms with Gasteiger partial charge in [-0.15, -0.1) is 0 Å². The summed E-state index contributed by atoms with van der Waals surface area (Å²) in [7, 11) is 1.64. The van der Waals surface area contributed by atoms with Gasteiger partial charge in [0.2, 0.25) is 0 Å². The lowest BCUT2D eigenvalue weighted by Crippen LogP contribution is -2.40. The molecule has 0 radical (unpaired) electrons. The van der Waals surface area contributed by atoms with E-state index in [1.807, 2.05) is 30.3 Å². The number of benzene rings is 2. The van der Waals surface area contributed by atoms with Gasteiger partial charge in [0, 0.05) is 36.2 Å². The number of aldehydes is 1. The van der Waals surface area contributed by atoms with Crippen LogP contribution < -0.4 is 14.8 Å². The predicted molar refractivity (Wildman–Crippen MR) is 161 cm³/mol. The van der Waals surface area contributed by atoms with Gasteiger partial charge in [-0.05, 0) is 12.1 Å². The topological polar surface area (TPSA) is 149 Å². The van der Waals surface area contributed by atoms with Gasteiger partial charge < -0.3 is 53.0 Å². The van der Waals surface area contributed by atoms with Gasteiger partial charge in [-0.25, -0.2) is 4.98 Å². The Kier molecular flexibility index (Phi) is 17.4. The molecule has 1 atom stereocenters. The van der Waals surface area contributed by atoms with Crippen LogP contribution in [0.15, 0.2) is 48.9 Å². The number of amides is 1. The average molecular weight is 618 g/mol. The fraction of sp³-hybridized carbons (Fsp3) is 0.516. The maximum absolute atomic E-state index is 12.4. The number of methoxy groups -OCH3 is 1. The maximum Gasteiger partial charge on any atom is 0.258 e. The van der Waals surface area contributed by atoms with Gasteiger partial charge in [-0.1, -0.05) is 24.3 Å². The van der Waals surface area contributed by atoms with Gasteiger partial charge in [0.1, 0.15) is 24.4 Å². The van der Waals surface area contributed by atoms with Crippen molar-refractivity contribution in [2.24, 2.45) is 0 Å². The molecule has 0 fully saturated rings.